The molecule has 0 aromatic heterocycles. The minimum absolute atomic E-state index is 0.108. The Bertz CT molecular complexity index is 769. The molecule has 0 spiro atoms. The molecule has 1 saturated heterocycles. The Labute approximate surface area is 154 Å². The molecule has 0 radical (unpaired) electrons. The quantitative estimate of drug-likeness (QED) is 0.901. The van der Waals surface area contributed by atoms with Crippen LogP contribution in [0.4, 0.5) is 5.69 Å². The zero-order chi connectivity index (χ0) is 18.4. The summed E-state index contributed by atoms with van der Waals surface area (Å²) in [6, 6.07) is 17.3. The average Bonchev–Trinajstić information content (AvgIpc) is 2.69. The molecular weight excluding hydrogens is 324 g/mol. The molecule has 5 heteroatoms. The average molecular weight is 348 g/mol. The number of hydrogen-bond donors (Lipinski definition) is 1. The number of anilines is 1. The lowest BCUT2D eigenvalue weighted by Crippen LogP contribution is -2.44. The molecule has 5 nitrogen and oxygen atoms in total. The molecule has 1 aliphatic rings. The number of piperazine rings is 1. The lowest BCUT2D eigenvalue weighted by Gasteiger charge is -2.34. The van der Waals surface area contributed by atoms with E-state index in [1.165, 1.54) is 11.3 Å². The van der Waals surface area contributed by atoms with E-state index in [-0.39, 0.29) is 5.91 Å². The van der Waals surface area contributed by atoms with Gasteiger partial charge in [0.05, 0.1) is 11.6 Å². The highest BCUT2D eigenvalue weighted by Gasteiger charge is 2.13. The minimum Gasteiger partial charge on any atom is -0.369 e. The van der Waals surface area contributed by atoms with Gasteiger partial charge in [-0.1, -0.05) is 12.1 Å². The highest BCUT2D eigenvalue weighted by Crippen LogP contribution is 2.17. The molecule has 1 aliphatic heterocycles. The molecule has 1 N–H and O–H groups in total. The topological polar surface area (TPSA) is 59.4 Å². The monoisotopic (exact) mass is 348 g/mol. The van der Waals surface area contributed by atoms with Crippen LogP contribution in [0.3, 0.4) is 0 Å². The third-order valence-corrected chi connectivity index (χ3v) is 4.78. The van der Waals surface area contributed by atoms with Gasteiger partial charge in [-0.25, -0.2) is 0 Å². The van der Waals surface area contributed by atoms with Gasteiger partial charge in [0.2, 0.25) is 0 Å². The van der Waals surface area contributed by atoms with E-state index in [1.807, 2.05) is 0 Å². The van der Waals surface area contributed by atoms with Crippen LogP contribution in [0, 0.1) is 11.3 Å². The zero-order valence-electron chi connectivity index (χ0n) is 15.1. The fourth-order valence-corrected chi connectivity index (χ4v) is 3.06. The Morgan fingerprint density at radius 2 is 1.69 bits per heavy atom. The second-order valence-corrected chi connectivity index (χ2v) is 6.65. The third kappa shape index (κ3) is 4.62. The summed E-state index contributed by atoms with van der Waals surface area (Å²) in [4.78, 5) is 16.9. The SMILES string of the molecule is CN1CCN(c2ccc(CCNC(=O)c3ccc(C#N)cc3)cc2)CC1. The standard InChI is InChI=1S/C21H24N4O/c1-24-12-14-25(15-13-24)20-8-4-17(5-9-20)10-11-23-21(26)19-6-2-18(16-22)3-7-19/h2-9H,10-15H2,1H3,(H,23,26). The molecule has 0 bridgehead atoms. The Kier molecular flexibility index (Phi) is 5.88. The van der Waals surface area contributed by atoms with Gasteiger partial charge in [-0.05, 0) is 55.4 Å². The van der Waals surface area contributed by atoms with E-state index in [4.69, 9.17) is 5.26 Å². The van der Waals surface area contributed by atoms with Gasteiger partial charge in [0.1, 0.15) is 0 Å². The second kappa shape index (κ2) is 8.50. The number of carbonyl (C=O) groups is 1. The summed E-state index contributed by atoms with van der Waals surface area (Å²) in [7, 11) is 2.16. The van der Waals surface area contributed by atoms with E-state index in [0.29, 0.717) is 17.7 Å². The van der Waals surface area contributed by atoms with Gasteiger partial charge in [-0.3, -0.25) is 4.79 Å². The Morgan fingerprint density at radius 1 is 1.04 bits per heavy atom. The van der Waals surface area contributed by atoms with Crippen LogP contribution in [0.2, 0.25) is 0 Å². The van der Waals surface area contributed by atoms with E-state index in [2.05, 4.69) is 52.5 Å². The van der Waals surface area contributed by atoms with Gasteiger partial charge >= 0.3 is 0 Å². The largest absolute Gasteiger partial charge is 0.369 e. The van der Waals surface area contributed by atoms with Crippen LogP contribution in [-0.2, 0) is 6.42 Å². The number of benzene rings is 2. The van der Waals surface area contributed by atoms with Crippen LogP contribution in [0.5, 0.6) is 0 Å². The predicted molar refractivity (Wildman–Crippen MR) is 103 cm³/mol. The minimum atomic E-state index is -0.108. The van der Waals surface area contributed by atoms with Crippen LogP contribution >= 0.6 is 0 Å². The fourth-order valence-electron chi connectivity index (χ4n) is 3.06. The zero-order valence-corrected chi connectivity index (χ0v) is 15.1. The van der Waals surface area contributed by atoms with Crippen molar-refractivity contribution in [1.82, 2.24) is 10.2 Å². The normalized spacial score (nSPS) is 14.7. The molecule has 3 rings (SSSR count). The molecule has 26 heavy (non-hydrogen) atoms. The van der Waals surface area contributed by atoms with Crippen molar-refractivity contribution < 1.29 is 4.79 Å². The van der Waals surface area contributed by atoms with Crippen molar-refractivity contribution in [2.75, 3.05) is 44.7 Å². The first-order valence-corrected chi connectivity index (χ1v) is 8.96. The molecule has 1 heterocycles. The van der Waals surface area contributed by atoms with E-state index in [1.54, 1.807) is 24.3 Å². The summed E-state index contributed by atoms with van der Waals surface area (Å²) in [5, 5.41) is 11.7. The van der Waals surface area contributed by atoms with E-state index in [9.17, 15) is 4.79 Å². The molecule has 1 fully saturated rings. The molecule has 2 aromatic rings. The number of likely N-dealkylation sites (N-methyl/N-ethyl adjacent to an activating group) is 1. The van der Waals surface area contributed by atoms with Crippen LogP contribution in [0.15, 0.2) is 48.5 Å². The molecule has 134 valence electrons. The number of nitriles is 1. The van der Waals surface area contributed by atoms with Crippen molar-refractivity contribution in [2.45, 2.75) is 6.42 Å². The highest BCUT2D eigenvalue weighted by atomic mass is 16.1. The summed E-state index contributed by atoms with van der Waals surface area (Å²) < 4.78 is 0. The maximum Gasteiger partial charge on any atom is 0.251 e. The van der Waals surface area contributed by atoms with E-state index < -0.39 is 0 Å². The van der Waals surface area contributed by atoms with Gasteiger partial charge in [-0.2, -0.15) is 5.26 Å². The number of carbonyl (C=O) groups excluding carboxylic acids is 1. The Hall–Kier alpha value is -2.84. The summed E-state index contributed by atoms with van der Waals surface area (Å²) in [6.07, 6.45) is 0.797. The molecule has 0 atom stereocenters. The van der Waals surface area contributed by atoms with Crippen LogP contribution in [0.25, 0.3) is 0 Å². The summed E-state index contributed by atoms with van der Waals surface area (Å²) in [5.41, 5.74) is 3.61. The number of hydrogen-bond acceptors (Lipinski definition) is 4. The number of rotatable bonds is 5. The van der Waals surface area contributed by atoms with Gasteiger partial charge in [0.15, 0.2) is 0 Å². The first-order valence-electron chi connectivity index (χ1n) is 8.96. The summed E-state index contributed by atoms with van der Waals surface area (Å²) in [5.74, 6) is -0.108. The molecule has 0 saturated carbocycles. The van der Waals surface area contributed by atoms with Gasteiger partial charge in [0.25, 0.3) is 5.91 Å². The number of nitrogens with one attached hydrogen (secondary N) is 1. The van der Waals surface area contributed by atoms with Gasteiger partial charge in [-0.15, -0.1) is 0 Å². The third-order valence-electron chi connectivity index (χ3n) is 4.78. The van der Waals surface area contributed by atoms with Crippen LogP contribution < -0.4 is 10.2 Å². The van der Waals surface area contributed by atoms with Gasteiger partial charge < -0.3 is 15.1 Å². The van der Waals surface area contributed by atoms with Crippen molar-refractivity contribution >= 4 is 11.6 Å². The predicted octanol–water partition coefficient (Wildman–Crippen LogP) is 2.28. The fraction of sp³-hybridized carbons (Fsp3) is 0.333. The molecular formula is C21H24N4O. The lowest BCUT2D eigenvalue weighted by molar-refractivity contribution is 0.0954. The van der Waals surface area contributed by atoms with E-state index in [0.717, 1.165) is 32.6 Å². The van der Waals surface area contributed by atoms with Crippen LogP contribution in [0.1, 0.15) is 21.5 Å². The Balaban J connectivity index is 1.47. The number of amides is 1. The number of nitrogens with zero attached hydrogens (tertiary/aromatic N) is 3. The maximum atomic E-state index is 12.1. The van der Waals surface area contributed by atoms with Crippen molar-refractivity contribution in [1.29, 1.82) is 5.26 Å². The van der Waals surface area contributed by atoms with Crippen molar-refractivity contribution in [3.8, 4) is 6.07 Å². The summed E-state index contributed by atoms with van der Waals surface area (Å²) >= 11 is 0. The lowest BCUT2D eigenvalue weighted by atomic mass is 10.1. The summed E-state index contributed by atoms with van der Waals surface area (Å²) in [6.45, 7) is 4.92. The highest BCUT2D eigenvalue weighted by molar-refractivity contribution is 5.94. The van der Waals surface area contributed by atoms with Gasteiger partial charge in [0, 0.05) is 44.0 Å². The molecule has 0 aliphatic carbocycles. The van der Waals surface area contributed by atoms with Crippen molar-refractivity contribution in [3.63, 3.8) is 0 Å². The molecule has 2 aromatic carbocycles. The van der Waals surface area contributed by atoms with E-state index >= 15 is 0 Å². The smallest absolute Gasteiger partial charge is 0.251 e. The molecule has 0 unspecified atom stereocenters. The van der Waals surface area contributed by atoms with Crippen LogP contribution in [-0.4, -0.2) is 50.6 Å². The maximum absolute atomic E-state index is 12.1. The Morgan fingerprint density at radius 3 is 2.31 bits per heavy atom. The first-order chi connectivity index (χ1) is 12.7. The first kappa shape index (κ1) is 18.0. The van der Waals surface area contributed by atoms with Crippen molar-refractivity contribution in [3.05, 3.63) is 65.2 Å². The molecule has 1 amide bonds. The second-order valence-electron chi connectivity index (χ2n) is 6.65. The van der Waals surface area contributed by atoms with Crippen molar-refractivity contribution in [2.24, 2.45) is 0 Å².